The van der Waals surface area contributed by atoms with Crippen LogP contribution in [0.15, 0.2) is 42.5 Å². The van der Waals surface area contributed by atoms with E-state index in [1.165, 1.54) is 49.3 Å². The molecule has 0 aromatic heterocycles. The van der Waals surface area contributed by atoms with Crippen LogP contribution >= 0.6 is 0 Å². The van der Waals surface area contributed by atoms with E-state index in [9.17, 15) is 0 Å². The Morgan fingerprint density at radius 3 is 2.59 bits per heavy atom. The van der Waals surface area contributed by atoms with Gasteiger partial charge in [0.15, 0.2) is 0 Å². The van der Waals surface area contributed by atoms with Gasteiger partial charge in [0, 0.05) is 0 Å². The summed E-state index contributed by atoms with van der Waals surface area (Å²) in [7, 11) is 0. The molecule has 0 saturated heterocycles. The first kappa shape index (κ1) is 15.6. The quantitative estimate of drug-likeness (QED) is 0.594. The Kier molecular flexibility index (Phi) is 4.57. The molecule has 0 radical (unpaired) electrons. The Balaban J connectivity index is 1.98. The summed E-state index contributed by atoms with van der Waals surface area (Å²) in [5, 5.41) is 2.86. The van der Waals surface area contributed by atoms with Gasteiger partial charge in [-0.1, -0.05) is 82.5 Å². The van der Waals surface area contributed by atoms with Crippen LogP contribution in [0.4, 0.5) is 0 Å². The number of rotatable bonds is 4. The third-order valence-electron chi connectivity index (χ3n) is 5.84. The Bertz CT molecular complexity index is 619. The molecule has 2 aromatic rings. The first-order valence-corrected chi connectivity index (χ1v) is 9.07. The number of benzene rings is 2. The summed E-state index contributed by atoms with van der Waals surface area (Å²) in [6.45, 7) is 7.30. The minimum Gasteiger partial charge on any atom is -0.0628 e. The van der Waals surface area contributed by atoms with E-state index in [2.05, 4.69) is 63.2 Å². The van der Waals surface area contributed by atoms with Crippen LogP contribution in [0.2, 0.25) is 0 Å². The second-order valence-corrected chi connectivity index (χ2v) is 7.92. The fourth-order valence-electron chi connectivity index (χ4n) is 4.76. The average Bonchev–Trinajstić information content (AvgIpc) is 2.50. The third-order valence-corrected chi connectivity index (χ3v) is 5.84. The lowest BCUT2D eigenvalue weighted by Gasteiger charge is -2.44. The van der Waals surface area contributed by atoms with Gasteiger partial charge in [0.25, 0.3) is 0 Å². The van der Waals surface area contributed by atoms with Crippen molar-refractivity contribution in [2.75, 3.05) is 0 Å². The van der Waals surface area contributed by atoms with Gasteiger partial charge in [-0.2, -0.15) is 0 Å². The molecule has 0 bridgehead atoms. The van der Waals surface area contributed by atoms with Crippen molar-refractivity contribution in [1.82, 2.24) is 0 Å². The largest absolute Gasteiger partial charge is 0.0628 e. The van der Waals surface area contributed by atoms with E-state index >= 15 is 0 Å². The van der Waals surface area contributed by atoms with E-state index in [0.29, 0.717) is 5.41 Å². The maximum Gasteiger partial charge on any atom is -0.0152 e. The van der Waals surface area contributed by atoms with Crippen molar-refractivity contribution in [3.05, 3.63) is 48.0 Å². The lowest BCUT2D eigenvalue weighted by atomic mass is 9.60. The zero-order valence-corrected chi connectivity index (χ0v) is 14.4. The van der Waals surface area contributed by atoms with Crippen molar-refractivity contribution in [3.8, 4) is 0 Å². The number of fused-ring (bicyclic) bond motifs is 1. The third kappa shape index (κ3) is 3.07. The van der Waals surface area contributed by atoms with Crippen LogP contribution in [-0.2, 0) is 6.42 Å². The van der Waals surface area contributed by atoms with Gasteiger partial charge in [-0.05, 0) is 52.8 Å². The van der Waals surface area contributed by atoms with Gasteiger partial charge in [0.05, 0.1) is 0 Å². The Morgan fingerprint density at radius 1 is 1.05 bits per heavy atom. The van der Waals surface area contributed by atoms with Gasteiger partial charge in [-0.3, -0.25) is 0 Å². The minimum absolute atomic E-state index is 0.510. The Labute approximate surface area is 135 Å². The molecule has 1 aliphatic rings. The maximum atomic E-state index is 2.51. The van der Waals surface area contributed by atoms with Crippen LogP contribution in [0.5, 0.6) is 0 Å². The maximum absolute atomic E-state index is 2.51. The van der Waals surface area contributed by atoms with E-state index < -0.39 is 0 Å². The molecule has 0 nitrogen and oxygen atoms in total. The zero-order valence-electron chi connectivity index (χ0n) is 14.4. The lowest BCUT2D eigenvalue weighted by Crippen LogP contribution is -2.35. The molecular formula is C22H30. The van der Waals surface area contributed by atoms with Gasteiger partial charge in [-0.15, -0.1) is 0 Å². The SMILES string of the molecule is CC(C)CC1(Cc2cccc3ccccc23)CCCCC1C. The van der Waals surface area contributed by atoms with Crippen molar-refractivity contribution in [3.63, 3.8) is 0 Å². The molecule has 1 fully saturated rings. The molecule has 1 aliphatic carbocycles. The molecule has 0 amide bonds. The molecule has 0 N–H and O–H groups in total. The summed E-state index contributed by atoms with van der Waals surface area (Å²) in [5.74, 6) is 1.64. The molecule has 0 heterocycles. The minimum atomic E-state index is 0.510. The molecule has 2 atom stereocenters. The fraction of sp³-hybridized carbons (Fsp3) is 0.545. The molecule has 3 rings (SSSR count). The first-order chi connectivity index (χ1) is 10.6. The topological polar surface area (TPSA) is 0 Å². The predicted molar refractivity (Wildman–Crippen MR) is 97.2 cm³/mol. The van der Waals surface area contributed by atoms with Crippen molar-refractivity contribution in [2.45, 2.75) is 59.3 Å². The van der Waals surface area contributed by atoms with Crippen LogP contribution < -0.4 is 0 Å². The van der Waals surface area contributed by atoms with Crippen molar-refractivity contribution < 1.29 is 0 Å². The van der Waals surface area contributed by atoms with E-state index in [0.717, 1.165) is 11.8 Å². The van der Waals surface area contributed by atoms with E-state index in [1.807, 2.05) is 0 Å². The van der Waals surface area contributed by atoms with Crippen LogP contribution in [0.3, 0.4) is 0 Å². The molecule has 22 heavy (non-hydrogen) atoms. The van der Waals surface area contributed by atoms with E-state index in [-0.39, 0.29) is 0 Å². The number of hydrogen-bond acceptors (Lipinski definition) is 0. The smallest absolute Gasteiger partial charge is 0.0152 e. The molecule has 118 valence electrons. The zero-order chi connectivity index (χ0) is 15.6. The molecule has 0 spiro atoms. The summed E-state index contributed by atoms with van der Waals surface area (Å²) in [5.41, 5.74) is 2.07. The number of hydrogen-bond donors (Lipinski definition) is 0. The molecule has 1 saturated carbocycles. The first-order valence-electron chi connectivity index (χ1n) is 9.07. The van der Waals surface area contributed by atoms with Gasteiger partial charge in [0.1, 0.15) is 0 Å². The van der Waals surface area contributed by atoms with E-state index in [1.54, 1.807) is 5.56 Å². The van der Waals surface area contributed by atoms with Gasteiger partial charge in [-0.25, -0.2) is 0 Å². The summed E-state index contributed by atoms with van der Waals surface area (Å²) >= 11 is 0. The van der Waals surface area contributed by atoms with Gasteiger partial charge in [0.2, 0.25) is 0 Å². The monoisotopic (exact) mass is 294 g/mol. The van der Waals surface area contributed by atoms with Gasteiger partial charge < -0.3 is 0 Å². The van der Waals surface area contributed by atoms with Crippen LogP contribution in [-0.4, -0.2) is 0 Å². The summed E-state index contributed by atoms with van der Waals surface area (Å²) in [6.07, 6.45) is 8.30. The molecule has 2 unspecified atom stereocenters. The van der Waals surface area contributed by atoms with Crippen molar-refractivity contribution in [1.29, 1.82) is 0 Å². The average molecular weight is 294 g/mol. The second-order valence-electron chi connectivity index (χ2n) is 7.92. The highest BCUT2D eigenvalue weighted by Gasteiger charge is 2.38. The van der Waals surface area contributed by atoms with Crippen molar-refractivity contribution in [2.24, 2.45) is 17.3 Å². The highest BCUT2D eigenvalue weighted by atomic mass is 14.4. The summed E-state index contributed by atoms with van der Waals surface area (Å²) in [4.78, 5) is 0. The highest BCUT2D eigenvalue weighted by Crippen LogP contribution is 2.48. The van der Waals surface area contributed by atoms with Crippen LogP contribution in [0, 0.1) is 17.3 Å². The molecule has 0 heteroatoms. The Hall–Kier alpha value is -1.30. The predicted octanol–water partition coefficient (Wildman–Crippen LogP) is 6.62. The molecular weight excluding hydrogens is 264 g/mol. The molecule has 0 aliphatic heterocycles. The van der Waals surface area contributed by atoms with Crippen LogP contribution in [0.25, 0.3) is 10.8 Å². The highest BCUT2D eigenvalue weighted by molar-refractivity contribution is 5.85. The van der Waals surface area contributed by atoms with E-state index in [4.69, 9.17) is 0 Å². The summed E-state index contributed by atoms with van der Waals surface area (Å²) < 4.78 is 0. The van der Waals surface area contributed by atoms with Crippen molar-refractivity contribution >= 4 is 10.8 Å². The summed E-state index contributed by atoms with van der Waals surface area (Å²) in [6, 6.07) is 15.8. The van der Waals surface area contributed by atoms with Crippen LogP contribution in [0.1, 0.15) is 58.4 Å². The molecule has 2 aromatic carbocycles. The Morgan fingerprint density at radius 2 is 1.82 bits per heavy atom. The second kappa shape index (κ2) is 6.44. The standard InChI is InChI=1S/C22H30/c1-17(2)15-22(14-7-6-9-18(22)3)16-20-12-8-11-19-10-4-5-13-21(19)20/h4-5,8,10-13,17-18H,6-7,9,14-16H2,1-3H3. The van der Waals surface area contributed by atoms with Gasteiger partial charge >= 0.3 is 0 Å². The lowest BCUT2D eigenvalue weighted by molar-refractivity contribution is 0.0793. The fourth-order valence-corrected chi connectivity index (χ4v) is 4.76. The normalized spacial score (nSPS) is 25.7.